The number of carbonyl (C=O) groups excluding carboxylic acids is 1. The number of rotatable bonds is 8. The van der Waals surface area contributed by atoms with Gasteiger partial charge in [-0.25, -0.2) is 0 Å². The van der Waals surface area contributed by atoms with Crippen LogP contribution in [0.25, 0.3) is 0 Å². The molecular formula is C16H33NO. The van der Waals surface area contributed by atoms with E-state index >= 15 is 0 Å². The summed E-state index contributed by atoms with van der Waals surface area (Å²) >= 11 is 0. The van der Waals surface area contributed by atoms with E-state index in [0.29, 0.717) is 23.7 Å². The van der Waals surface area contributed by atoms with Gasteiger partial charge in [-0.15, -0.1) is 0 Å². The lowest BCUT2D eigenvalue weighted by atomic mass is 9.89. The van der Waals surface area contributed by atoms with E-state index in [-0.39, 0.29) is 5.91 Å². The lowest BCUT2D eigenvalue weighted by Gasteiger charge is -2.17. The van der Waals surface area contributed by atoms with E-state index in [4.69, 9.17) is 0 Å². The molecule has 108 valence electrons. The molecule has 1 unspecified atom stereocenters. The Kier molecular flexibility index (Phi) is 8.30. The van der Waals surface area contributed by atoms with Crippen molar-refractivity contribution in [2.45, 2.75) is 73.6 Å². The summed E-state index contributed by atoms with van der Waals surface area (Å²) in [6.45, 7) is 14.2. The van der Waals surface area contributed by atoms with Gasteiger partial charge in [0, 0.05) is 13.0 Å². The monoisotopic (exact) mass is 255 g/mol. The van der Waals surface area contributed by atoms with Crippen LogP contribution in [-0.2, 0) is 4.79 Å². The van der Waals surface area contributed by atoms with Gasteiger partial charge in [-0.3, -0.25) is 4.79 Å². The minimum atomic E-state index is 0.222. The van der Waals surface area contributed by atoms with Crippen LogP contribution in [-0.4, -0.2) is 12.5 Å². The van der Waals surface area contributed by atoms with Crippen molar-refractivity contribution in [3.8, 4) is 0 Å². The Morgan fingerprint density at radius 1 is 1.11 bits per heavy atom. The molecule has 0 spiro atoms. The quantitative estimate of drug-likeness (QED) is 0.640. The largest absolute Gasteiger partial charge is 0.356 e. The molecule has 0 aromatic rings. The van der Waals surface area contributed by atoms with Crippen LogP contribution in [0.3, 0.4) is 0 Å². The standard InChI is InChI=1S/C16H33NO/c1-13(2)11-14(3)12-17-15(18)9-7-8-10-16(4,5)6/h13-14H,7-12H2,1-6H3,(H,17,18). The van der Waals surface area contributed by atoms with Crippen molar-refractivity contribution in [1.82, 2.24) is 5.32 Å². The summed E-state index contributed by atoms with van der Waals surface area (Å²) < 4.78 is 0. The average Bonchev–Trinajstić information content (AvgIpc) is 2.19. The molecule has 0 aromatic carbocycles. The average molecular weight is 255 g/mol. The van der Waals surface area contributed by atoms with E-state index in [1.807, 2.05) is 0 Å². The molecule has 18 heavy (non-hydrogen) atoms. The fourth-order valence-corrected chi connectivity index (χ4v) is 2.21. The molecule has 0 aliphatic carbocycles. The third-order valence-corrected chi connectivity index (χ3v) is 3.10. The number of unbranched alkanes of at least 4 members (excludes halogenated alkanes) is 1. The van der Waals surface area contributed by atoms with Crippen molar-refractivity contribution in [1.29, 1.82) is 0 Å². The van der Waals surface area contributed by atoms with Gasteiger partial charge in [0.2, 0.25) is 5.91 Å². The third-order valence-electron chi connectivity index (χ3n) is 3.10. The molecule has 1 N–H and O–H groups in total. The molecule has 0 radical (unpaired) electrons. The summed E-state index contributed by atoms with van der Waals surface area (Å²) in [6.07, 6.45) is 5.24. The fourth-order valence-electron chi connectivity index (χ4n) is 2.21. The van der Waals surface area contributed by atoms with Crippen LogP contribution in [0, 0.1) is 17.3 Å². The maximum Gasteiger partial charge on any atom is 0.220 e. The van der Waals surface area contributed by atoms with E-state index in [2.05, 4.69) is 46.9 Å². The fraction of sp³-hybridized carbons (Fsp3) is 0.938. The van der Waals surface area contributed by atoms with Crippen molar-refractivity contribution in [2.24, 2.45) is 17.3 Å². The second-order valence-electron chi connectivity index (χ2n) is 7.31. The SMILES string of the molecule is CC(C)CC(C)CNC(=O)CCCCC(C)(C)C. The highest BCUT2D eigenvalue weighted by molar-refractivity contribution is 5.75. The molecule has 0 rings (SSSR count). The molecule has 2 nitrogen and oxygen atoms in total. The van der Waals surface area contributed by atoms with Gasteiger partial charge < -0.3 is 5.32 Å². The molecule has 2 heteroatoms. The highest BCUT2D eigenvalue weighted by atomic mass is 16.1. The maximum atomic E-state index is 11.6. The highest BCUT2D eigenvalue weighted by Gasteiger charge is 2.10. The van der Waals surface area contributed by atoms with E-state index in [1.54, 1.807) is 0 Å². The molecule has 0 bridgehead atoms. The number of hydrogen-bond donors (Lipinski definition) is 1. The first-order valence-corrected chi connectivity index (χ1v) is 7.47. The van der Waals surface area contributed by atoms with Crippen LogP contribution in [0.5, 0.6) is 0 Å². The molecule has 0 aromatic heterocycles. The summed E-state index contributed by atoms with van der Waals surface area (Å²) in [5.74, 6) is 1.52. The van der Waals surface area contributed by atoms with Crippen LogP contribution < -0.4 is 5.32 Å². The summed E-state index contributed by atoms with van der Waals surface area (Å²) in [5.41, 5.74) is 0.391. The smallest absolute Gasteiger partial charge is 0.220 e. The predicted octanol–water partition coefficient (Wildman–Crippen LogP) is 4.39. The first kappa shape index (κ1) is 17.5. The van der Waals surface area contributed by atoms with Gasteiger partial charge >= 0.3 is 0 Å². The van der Waals surface area contributed by atoms with Crippen molar-refractivity contribution in [3.05, 3.63) is 0 Å². The van der Waals surface area contributed by atoms with Crippen LogP contribution in [0.15, 0.2) is 0 Å². The van der Waals surface area contributed by atoms with E-state index in [1.165, 1.54) is 12.8 Å². The Morgan fingerprint density at radius 2 is 1.72 bits per heavy atom. The lowest BCUT2D eigenvalue weighted by molar-refractivity contribution is -0.121. The van der Waals surface area contributed by atoms with Gasteiger partial charge in [0.15, 0.2) is 0 Å². The van der Waals surface area contributed by atoms with Crippen molar-refractivity contribution < 1.29 is 4.79 Å². The van der Waals surface area contributed by atoms with Crippen LogP contribution in [0.2, 0.25) is 0 Å². The third kappa shape index (κ3) is 11.9. The summed E-state index contributed by atoms with van der Waals surface area (Å²) in [6, 6.07) is 0. The van der Waals surface area contributed by atoms with Crippen LogP contribution in [0.4, 0.5) is 0 Å². The molecule has 0 saturated carbocycles. The van der Waals surface area contributed by atoms with Gasteiger partial charge in [0.05, 0.1) is 0 Å². The Hall–Kier alpha value is -0.530. The maximum absolute atomic E-state index is 11.6. The molecule has 1 atom stereocenters. The molecule has 1 amide bonds. The molecule has 0 fully saturated rings. The van der Waals surface area contributed by atoms with E-state index < -0.39 is 0 Å². The Balaban J connectivity index is 3.54. The zero-order valence-electron chi connectivity index (χ0n) is 13.3. The van der Waals surface area contributed by atoms with E-state index in [9.17, 15) is 4.79 Å². The van der Waals surface area contributed by atoms with Gasteiger partial charge in [0.25, 0.3) is 0 Å². The summed E-state index contributed by atoms with van der Waals surface area (Å²) in [4.78, 5) is 11.6. The minimum Gasteiger partial charge on any atom is -0.356 e. The Bertz CT molecular complexity index is 228. The van der Waals surface area contributed by atoms with Crippen molar-refractivity contribution in [3.63, 3.8) is 0 Å². The minimum absolute atomic E-state index is 0.222. The topological polar surface area (TPSA) is 29.1 Å². The van der Waals surface area contributed by atoms with Gasteiger partial charge in [-0.2, -0.15) is 0 Å². The number of nitrogens with one attached hydrogen (secondary N) is 1. The molecule has 0 aliphatic rings. The van der Waals surface area contributed by atoms with Gasteiger partial charge in [-0.1, -0.05) is 48.0 Å². The normalized spacial score (nSPS) is 13.7. The van der Waals surface area contributed by atoms with Crippen molar-refractivity contribution >= 4 is 5.91 Å². The number of amides is 1. The Morgan fingerprint density at radius 3 is 2.22 bits per heavy atom. The second kappa shape index (κ2) is 8.55. The zero-order valence-corrected chi connectivity index (χ0v) is 13.3. The highest BCUT2D eigenvalue weighted by Crippen LogP contribution is 2.21. The predicted molar refractivity (Wildman–Crippen MR) is 79.6 cm³/mol. The molecular weight excluding hydrogens is 222 g/mol. The molecule has 0 saturated heterocycles. The first-order valence-electron chi connectivity index (χ1n) is 7.47. The van der Waals surface area contributed by atoms with Gasteiger partial charge in [0.1, 0.15) is 0 Å². The lowest BCUT2D eigenvalue weighted by Crippen LogP contribution is -2.28. The summed E-state index contributed by atoms with van der Waals surface area (Å²) in [7, 11) is 0. The molecule has 0 aliphatic heterocycles. The number of carbonyl (C=O) groups is 1. The van der Waals surface area contributed by atoms with E-state index in [0.717, 1.165) is 19.4 Å². The molecule has 0 heterocycles. The summed E-state index contributed by atoms with van der Waals surface area (Å²) in [5, 5.41) is 3.05. The van der Waals surface area contributed by atoms with Gasteiger partial charge in [-0.05, 0) is 36.5 Å². The van der Waals surface area contributed by atoms with Crippen LogP contribution >= 0.6 is 0 Å². The zero-order chi connectivity index (χ0) is 14.2. The Labute approximate surface area is 114 Å². The van der Waals surface area contributed by atoms with Crippen molar-refractivity contribution in [2.75, 3.05) is 6.54 Å². The number of hydrogen-bond acceptors (Lipinski definition) is 1. The van der Waals surface area contributed by atoms with Crippen LogP contribution in [0.1, 0.15) is 73.6 Å². The second-order valence-corrected chi connectivity index (χ2v) is 7.31. The first-order chi connectivity index (χ1) is 8.20.